The number of nitrogens with one attached hydrogen (secondary N) is 2. The lowest BCUT2D eigenvalue weighted by Gasteiger charge is -2.13. The van der Waals surface area contributed by atoms with Crippen molar-refractivity contribution >= 4 is 25.6 Å². The third-order valence-corrected chi connectivity index (χ3v) is 4.14. The summed E-state index contributed by atoms with van der Waals surface area (Å²) in [5, 5.41) is 9.03. The van der Waals surface area contributed by atoms with Gasteiger partial charge in [0.05, 0.1) is 22.7 Å². The van der Waals surface area contributed by atoms with Crippen LogP contribution in [0.25, 0.3) is 0 Å². The van der Waals surface area contributed by atoms with Gasteiger partial charge in [-0.1, -0.05) is 12.1 Å². The van der Waals surface area contributed by atoms with Gasteiger partial charge in [-0.05, 0) is 24.6 Å². The van der Waals surface area contributed by atoms with E-state index in [1.165, 1.54) is 24.5 Å². The highest BCUT2D eigenvalue weighted by Gasteiger charge is 2.14. The molecule has 2 aromatic rings. The first-order chi connectivity index (χ1) is 9.38. The Labute approximate surface area is 120 Å². The Kier molecular flexibility index (Phi) is 4.10. The fourth-order valence-corrected chi connectivity index (χ4v) is 2.43. The van der Waals surface area contributed by atoms with E-state index in [1.807, 2.05) is 0 Å². The number of rotatable bonds is 4. The van der Waals surface area contributed by atoms with E-state index in [9.17, 15) is 13.2 Å². The molecule has 1 unspecified atom stereocenters. The van der Waals surface area contributed by atoms with Crippen molar-refractivity contribution in [3.05, 3.63) is 47.8 Å². The molecule has 1 aromatic carbocycles. The molecule has 106 valence electrons. The van der Waals surface area contributed by atoms with Crippen LogP contribution >= 0.6 is 10.7 Å². The van der Waals surface area contributed by atoms with Crippen molar-refractivity contribution in [2.75, 3.05) is 0 Å². The normalized spacial score (nSPS) is 12.9. The summed E-state index contributed by atoms with van der Waals surface area (Å²) in [6.45, 7) is 1.79. The number of amides is 1. The standard InChI is InChI=1S/C12H12ClN3O3S/c1-8(16-12(17)10-6-14-15-7-10)9-2-4-11(5-3-9)20(13,18)19/h2-8H,1H3,(H,14,15)(H,16,17). The van der Waals surface area contributed by atoms with E-state index in [2.05, 4.69) is 15.5 Å². The van der Waals surface area contributed by atoms with Crippen LogP contribution < -0.4 is 5.32 Å². The van der Waals surface area contributed by atoms with E-state index in [0.29, 0.717) is 5.56 Å². The van der Waals surface area contributed by atoms with Crippen LogP contribution in [0, 0.1) is 0 Å². The average Bonchev–Trinajstić information content (AvgIpc) is 2.91. The molecular formula is C12H12ClN3O3S. The van der Waals surface area contributed by atoms with Gasteiger partial charge < -0.3 is 5.32 Å². The molecule has 0 aliphatic carbocycles. The number of carbonyl (C=O) groups is 1. The van der Waals surface area contributed by atoms with Crippen LogP contribution in [0.1, 0.15) is 28.9 Å². The quantitative estimate of drug-likeness (QED) is 0.842. The van der Waals surface area contributed by atoms with Crippen LogP contribution in [0.5, 0.6) is 0 Å². The molecule has 0 aliphatic heterocycles. The van der Waals surface area contributed by atoms with Crippen molar-refractivity contribution < 1.29 is 13.2 Å². The number of nitrogens with zero attached hydrogens (tertiary/aromatic N) is 1. The highest BCUT2D eigenvalue weighted by atomic mass is 35.7. The topological polar surface area (TPSA) is 91.9 Å². The maximum Gasteiger partial charge on any atom is 0.261 e. The van der Waals surface area contributed by atoms with Crippen LogP contribution in [0.2, 0.25) is 0 Å². The van der Waals surface area contributed by atoms with Gasteiger partial charge in [-0.15, -0.1) is 0 Å². The number of aromatic amines is 1. The zero-order valence-electron chi connectivity index (χ0n) is 10.5. The summed E-state index contributed by atoms with van der Waals surface area (Å²) in [4.78, 5) is 11.9. The predicted molar refractivity (Wildman–Crippen MR) is 73.9 cm³/mol. The zero-order valence-corrected chi connectivity index (χ0v) is 12.1. The third kappa shape index (κ3) is 3.37. The summed E-state index contributed by atoms with van der Waals surface area (Å²) in [5.41, 5.74) is 1.20. The number of halogens is 1. The van der Waals surface area contributed by atoms with E-state index in [0.717, 1.165) is 5.56 Å². The van der Waals surface area contributed by atoms with E-state index in [-0.39, 0.29) is 16.8 Å². The largest absolute Gasteiger partial charge is 0.345 e. The Morgan fingerprint density at radius 1 is 1.35 bits per heavy atom. The van der Waals surface area contributed by atoms with E-state index in [1.54, 1.807) is 19.1 Å². The molecule has 0 bridgehead atoms. The first kappa shape index (κ1) is 14.5. The third-order valence-electron chi connectivity index (χ3n) is 2.77. The van der Waals surface area contributed by atoms with Gasteiger partial charge in [0.25, 0.3) is 15.0 Å². The maximum absolute atomic E-state index is 11.8. The molecule has 0 radical (unpaired) electrons. The van der Waals surface area contributed by atoms with Crippen molar-refractivity contribution in [2.45, 2.75) is 17.9 Å². The Morgan fingerprint density at radius 2 is 2.00 bits per heavy atom. The van der Waals surface area contributed by atoms with E-state index in [4.69, 9.17) is 10.7 Å². The SMILES string of the molecule is CC(NC(=O)c1cn[nH]c1)c1ccc(S(=O)(=O)Cl)cc1. The molecule has 0 fully saturated rings. The molecule has 6 nitrogen and oxygen atoms in total. The van der Waals surface area contributed by atoms with Crippen molar-refractivity contribution in [2.24, 2.45) is 0 Å². The molecule has 0 aliphatic rings. The fraction of sp³-hybridized carbons (Fsp3) is 0.167. The molecule has 1 amide bonds. The van der Waals surface area contributed by atoms with Crippen molar-refractivity contribution in [3.8, 4) is 0 Å². The molecule has 0 spiro atoms. The van der Waals surface area contributed by atoms with Crippen LogP contribution in [0.3, 0.4) is 0 Å². The molecular weight excluding hydrogens is 302 g/mol. The first-order valence-electron chi connectivity index (χ1n) is 5.72. The second-order valence-corrected chi connectivity index (χ2v) is 6.75. The molecule has 2 N–H and O–H groups in total. The Balaban J connectivity index is 2.10. The number of hydrogen-bond donors (Lipinski definition) is 2. The fourth-order valence-electron chi connectivity index (χ4n) is 1.66. The van der Waals surface area contributed by atoms with Gasteiger partial charge in [0.1, 0.15) is 0 Å². The maximum atomic E-state index is 11.8. The van der Waals surface area contributed by atoms with Crippen LogP contribution in [-0.4, -0.2) is 24.5 Å². The van der Waals surface area contributed by atoms with Gasteiger partial charge in [0.2, 0.25) is 0 Å². The highest BCUT2D eigenvalue weighted by molar-refractivity contribution is 8.13. The van der Waals surface area contributed by atoms with Crippen molar-refractivity contribution in [1.82, 2.24) is 15.5 Å². The molecule has 20 heavy (non-hydrogen) atoms. The van der Waals surface area contributed by atoms with Crippen LogP contribution in [0.15, 0.2) is 41.6 Å². The summed E-state index contributed by atoms with van der Waals surface area (Å²) in [5.74, 6) is -0.264. The molecule has 1 aromatic heterocycles. The van der Waals surface area contributed by atoms with Gasteiger partial charge in [-0.3, -0.25) is 9.89 Å². The Hall–Kier alpha value is -1.86. The second-order valence-electron chi connectivity index (χ2n) is 4.19. The predicted octanol–water partition coefficient (Wildman–Crippen LogP) is 1.83. The molecule has 0 saturated heterocycles. The molecule has 2 rings (SSSR count). The van der Waals surface area contributed by atoms with Crippen LogP contribution in [-0.2, 0) is 9.05 Å². The first-order valence-corrected chi connectivity index (χ1v) is 8.03. The Bertz CT molecular complexity index is 696. The minimum atomic E-state index is -3.73. The van der Waals surface area contributed by atoms with Gasteiger partial charge >= 0.3 is 0 Å². The summed E-state index contributed by atoms with van der Waals surface area (Å²) in [6, 6.07) is 5.74. The Morgan fingerprint density at radius 3 is 2.50 bits per heavy atom. The number of hydrogen-bond acceptors (Lipinski definition) is 4. The molecule has 0 saturated carbocycles. The zero-order chi connectivity index (χ0) is 14.8. The number of aromatic nitrogens is 2. The number of carbonyl (C=O) groups excluding carboxylic acids is 1. The molecule has 8 heteroatoms. The number of H-pyrrole nitrogens is 1. The number of benzene rings is 1. The summed E-state index contributed by atoms with van der Waals surface area (Å²) in [6.07, 6.45) is 2.91. The van der Waals surface area contributed by atoms with Crippen molar-refractivity contribution in [3.63, 3.8) is 0 Å². The highest BCUT2D eigenvalue weighted by Crippen LogP contribution is 2.19. The summed E-state index contributed by atoms with van der Waals surface area (Å²) >= 11 is 0. The van der Waals surface area contributed by atoms with E-state index < -0.39 is 9.05 Å². The average molecular weight is 314 g/mol. The monoisotopic (exact) mass is 313 g/mol. The summed E-state index contributed by atoms with van der Waals surface area (Å²) in [7, 11) is 1.50. The lowest BCUT2D eigenvalue weighted by atomic mass is 10.1. The second kappa shape index (κ2) is 5.64. The van der Waals surface area contributed by atoms with Gasteiger partial charge in [0, 0.05) is 16.9 Å². The minimum Gasteiger partial charge on any atom is -0.345 e. The lowest BCUT2D eigenvalue weighted by molar-refractivity contribution is 0.0940. The van der Waals surface area contributed by atoms with Crippen LogP contribution in [0.4, 0.5) is 0 Å². The van der Waals surface area contributed by atoms with Gasteiger partial charge in [-0.25, -0.2) is 8.42 Å². The van der Waals surface area contributed by atoms with Crippen molar-refractivity contribution in [1.29, 1.82) is 0 Å². The summed E-state index contributed by atoms with van der Waals surface area (Å²) < 4.78 is 22.3. The van der Waals surface area contributed by atoms with Gasteiger partial charge in [0.15, 0.2) is 0 Å². The van der Waals surface area contributed by atoms with E-state index >= 15 is 0 Å². The van der Waals surface area contributed by atoms with Gasteiger partial charge in [-0.2, -0.15) is 5.10 Å². The molecule has 1 heterocycles. The smallest absolute Gasteiger partial charge is 0.261 e. The minimum absolute atomic E-state index is 0.0243. The lowest BCUT2D eigenvalue weighted by Crippen LogP contribution is -2.26. The molecule has 1 atom stereocenters.